The minimum Gasteiger partial charge on any atom is -0.497 e. The molecule has 1 N–H and O–H groups in total. The molecule has 1 aliphatic rings. The summed E-state index contributed by atoms with van der Waals surface area (Å²) in [7, 11) is 5.80. The highest BCUT2D eigenvalue weighted by atomic mass is 35.5. The summed E-state index contributed by atoms with van der Waals surface area (Å²) in [5.74, 6) is 0.973. The third-order valence-electron chi connectivity index (χ3n) is 5.57. The molecule has 2 aromatic rings. The molecule has 26 heavy (non-hydrogen) atoms. The number of aliphatic hydroxyl groups is 1. The number of nitrogens with zero attached hydrogens (tertiary/aromatic N) is 1. The molecule has 0 heterocycles. The Kier molecular flexibility index (Phi) is 5.91. The van der Waals surface area contributed by atoms with E-state index in [4.69, 9.17) is 16.3 Å². The zero-order valence-corrected chi connectivity index (χ0v) is 16.5. The van der Waals surface area contributed by atoms with E-state index in [1.165, 1.54) is 0 Å². The maximum atomic E-state index is 12.1. The van der Waals surface area contributed by atoms with Gasteiger partial charge in [-0.1, -0.05) is 42.3 Å². The van der Waals surface area contributed by atoms with E-state index in [2.05, 4.69) is 31.1 Å². The van der Waals surface area contributed by atoms with Crippen molar-refractivity contribution in [1.29, 1.82) is 0 Å². The molecule has 140 valence electrons. The average molecular weight is 374 g/mol. The molecule has 0 bridgehead atoms. The van der Waals surface area contributed by atoms with E-state index < -0.39 is 5.60 Å². The Morgan fingerprint density at radius 2 is 1.92 bits per heavy atom. The van der Waals surface area contributed by atoms with Gasteiger partial charge in [-0.3, -0.25) is 0 Å². The predicted molar refractivity (Wildman–Crippen MR) is 107 cm³/mol. The van der Waals surface area contributed by atoms with Crippen molar-refractivity contribution in [1.82, 2.24) is 4.90 Å². The molecule has 3 nitrogen and oxygen atoms in total. The third-order valence-corrected chi connectivity index (χ3v) is 5.80. The molecule has 4 heteroatoms. The van der Waals surface area contributed by atoms with Gasteiger partial charge in [-0.2, -0.15) is 0 Å². The smallest absolute Gasteiger partial charge is 0.119 e. The van der Waals surface area contributed by atoms with E-state index in [1.54, 1.807) is 7.11 Å². The van der Waals surface area contributed by atoms with E-state index in [0.29, 0.717) is 5.02 Å². The Labute approximate surface area is 161 Å². The Morgan fingerprint density at radius 1 is 1.15 bits per heavy atom. The molecule has 0 aromatic heterocycles. The highest BCUT2D eigenvalue weighted by molar-refractivity contribution is 6.30. The van der Waals surface area contributed by atoms with Crippen molar-refractivity contribution < 1.29 is 9.84 Å². The first-order chi connectivity index (χ1) is 12.4. The van der Waals surface area contributed by atoms with Crippen LogP contribution in [0.5, 0.6) is 5.75 Å². The molecule has 3 unspecified atom stereocenters. The average Bonchev–Trinajstić information content (AvgIpc) is 2.63. The number of halogens is 1. The summed E-state index contributed by atoms with van der Waals surface area (Å²) < 4.78 is 5.42. The molecule has 1 aliphatic carbocycles. The zero-order chi connectivity index (χ0) is 18.7. The summed E-state index contributed by atoms with van der Waals surface area (Å²) in [5, 5.41) is 12.8. The van der Waals surface area contributed by atoms with Gasteiger partial charge in [0.25, 0.3) is 0 Å². The van der Waals surface area contributed by atoms with Crippen LogP contribution in [0.1, 0.15) is 36.3 Å². The Bertz CT molecular complexity index is 748. The normalized spacial score (nSPS) is 26.1. The number of ether oxygens (including phenoxy) is 1. The standard InChI is InChI=1S/C22H28ClNO2/c1-24(2)15-18-9-6-12-21(16-7-4-11-20(13-16)26-3)22(18,25)17-8-5-10-19(23)14-17/h4-5,7-8,10-11,13-14,18,21,25H,6,9,12,15H2,1-3H3. The molecule has 0 radical (unpaired) electrons. The van der Waals surface area contributed by atoms with Crippen LogP contribution in [-0.2, 0) is 5.60 Å². The number of benzene rings is 2. The summed E-state index contributed by atoms with van der Waals surface area (Å²) in [6.45, 7) is 0.837. The number of hydrogen-bond donors (Lipinski definition) is 1. The van der Waals surface area contributed by atoms with Gasteiger partial charge in [-0.25, -0.2) is 0 Å². The second kappa shape index (κ2) is 7.99. The van der Waals surface area contributed by atoms with Gasteiger partial charge in [-0.15, -0.1) is 0 Å². The SMILES string of the molecule is COc1cccc(C2CCCC(CN(C)C)C2(O)c2cccc(Cl)c2)c1. The second-order valence-corrected chi connectivity index (χ2v) is 7.99. The van der Waals surface area contributed by atoms with Crippen molar-refractivity contribution in [3.63, 3.8) is 0 Å². The number of rotatable bonds is 5. The molecule has 0 aliphatic heterocycles. The molecule has 3 rings (SSSR count). The van der Waals surface area contributed by atoms with E-state index in [1.807, 2.05) is 36.4 Å². The van der Waals surface area contributed by atoms with Crippen molar-refractivity contribution in [2.45, 2.75) is 30.8 Å². The van der Waals surface area contributed by atoms with Crippen molar-refractivity contribution in [2.75, 3.05) is 27.7 Å². The third kappa shape index (κ3) is 3.75. The van der Waals surface area contributed by atoms with Crippen LogP contribution in [0.25, 0.3) is 0 Å². The fourth-order valence-electron chi connectivity index (χ4n) is 4.42. The van der Waals surface area contributed by atoms with Gasteiger partial charge < -0.3 is 14.7 Å². The maximum Gasteiger partial charge on any atom is 0.119 e. The molecular formula is C22H28ClNO2. The number of methoxy groups -OCH3 is 1. The first kappa shape index (κ1) is 19.2. The van der Waals surface area contributed by atoms with Crippen LogP contribution >= 0.6 is 11.6 Å². The van der Waals surface area contributed by atoms with Crippen molar-refractivity contribution in [3.8, 4) is 5.75 Å². The molecule has 0 amide bonds. The summed E-state index contributed by atoms with van der Waals surface area (Å²) in [6, 6.07) is 15.8. The molecule has 1 fully saturated rings. The maximum absolute atomic E-state index is 12.1. The Morgan fingerprint density at radius 3 is 2.62 bits per heavy atom. The first-order valence-electron chi connectivity index (χ1n) is 9.22. The van der Waals surface area contributed by atoms with E-state index in [-0.39, 0.29) is 11.8 Å². The van der Waals surface area contributed by atoms with E-state index in [0.717, 1.165) is 42.7 Å². The van der Waals surface area contributed by atoms with Crippen molar-refractivity contribution in [3.05, 3.63) is 64.7 Å². The fourth-order valence-corrected chi connectivity index (χ4v) is 4.61. The van der Waals surface area contributed by atoms with Gasteiger partial charge in [0.15, 0.2) is 0 Å². The Hall–Kier alpha value is -1.55. The molecule has 2 aromatic carbocycles. The first-order valence-corrected chi connectivity index (χ1v) is 9.60. The predicted octanol–water partition coefficient (Wildman–Crippen LogP) is 4.68. The second-order valence-electron chi connectivity index (χ2n) is 7.55. The van der Waals surface area contributed by atoms with Gasteiger partial charge in [-0.05, 0) is 62.3 Å². The fraction of sp³-hybridized carbons (Fsp3) is 0.455. The van der Waals surface area contributed by atoms with Gasteiger partial charge in [0.1, 0.15) is 11.4 Å². The molecular weight excluding hydrogens is 346 g/mol. The van der Waals surface area contributed by atoms with Crippen LogP contribution in [0.15, 0.2) is 48.5 Å². The lowest BCUT2D eigenvalue weighted by molar-refractivity contribution is -0.0803. The summed E-state index contributed by atoms with van der Waals surface area (Å²) in [4.78, 5) is 2.16. The highest BCUT2D eigenvalue weighted by Crippen LogP contribution is 2.51. The van der Waals surface area contributed by atoms with E-state index >= 15 is 0 Å². The van der Waals surface area contributed by atoms with Crippen LogP contribution in [0.2, 0.25) is 5.02 Å². The van der Waals surface area contributed by atoms with Gasteiger partial charge in [0.2, 0.25) is 0 Å². The van der Waals surface area contributed by atoms with Crippen LogP contribution in [-0.4, -0.2) is 37.8 Å². The quantitative estimate of drug-likeness (QED) is 0.825. The molecule has 1 saturated carbocycles. The van der Waals surface area contributed by atoms with Crippen LogP contribution in [0.3, 0.4) is 0 Å². The van der Waals surface area contributed by atoms with Crippen molar-refractivity contribution in [2.24, 2.45) is 5.92 Å². The summed E-state index contributed by atoms with van der Waals surface area (Å²) in [6.07, 6.45) is 3.05. The summed E-state index contributed by atoms with van der Waals surface area (Å²) >= 11 is 6.28. The zero-order valence-electron chi connectivity index (χ0n) is 15.8. The molecule has 0 spiro atoms. The lowest BCUT2D eigenvalue weighted by Crippen LogP contribution is -2.47. The minimum absolute atomic E-state index is 0.00904. The van der Waals surface area contributed by atoms with Crippen LogP contribution in [0.4, 0.5) is 0 Å². The number of hydrogen-bond acceptors (Lipinski definition) is 3. The van der Waals surface area contributed by atoms with Crippen molar-refractivity contribution >= 4 is 11.6 Å². The highest BCUT2D eigenvalue weighted by Gasteiger charge is 2.48. The van der Waals surface area contributed by atoms with Gasteiger partial charge in [0, 0.05) is 23.4 Å². The van der Waals surface area contributed by atoms with E-state index in [9.17, 15) is 5.11 Å². The minimum atomic E-state index is -0.959. The van der Waals surface area contributed by atoms with Crippen LogP contribution < -0.4 is 4.74 Å². The molecule has 0 saturated heterocycles. The largest absolute Gasteiger partial charge is 0.497 e. The van der Waals surface area contributed by atoms with Crippen LogP contribution in [0, 0.1) is 5.92 Å². The molecule has 3 atom stereocenters. The Balaban J connectivity index is 2.10. The lowest BCUT2D eigenvalue weighted by atomic mass is 9.63. The monoisotopic (exact) mass is 373 g/mol. The van der Waals surface area contributed by atoms with Gasteiger partial charge in [0.05, 0.1) is 7.11 Å². The topological polar surface area (TPSA) is 32.7 Å². The lowest BCUT2D eigenvalue weighted by Gasteiger charge is -2.47. The summed E-state index contributed by atoms with van der Waals surface area (Å²) in [5.41, 5.74) is 1.07. The van der Waals surface area contributed by atoms with Gasteiger partial charge >= 0.3 is 0 Å².